The van der Waals surface area contributed by atoms with Crippen LogP contribution in [0.3, 0.4) is 0 Å². The second-order valence-corrected chi connectivity index (χ2v) is 5.47. The van der Waals surface area contributed by atoms with Gasteiger partial charge in [-0.05, 0) is 32.3 Å². The zero-order valence-electron chi connectivity index (χ0n) is 11.6. The Kier molecular flexibility index (Phi) is 4.22. The maximum Gasteiger partial charge on any atom is 0.237 e. The van der Waals surface area contributed by atoms with E-state index in [1.165, 1.54) is 0 Å². The summed E-state index contributed by atoms with van der Waals surface area (Å²) in [5.41, 5.74) is 6.75. The van der Waals surface area contributed by atoms with Gasteiger partial charge in [-0.1, -0.05) is 30.3 Å². The molecule has 4 heteroatoms. The number of hydrogen-bond acceptors (Lipinski definition) is 3. The highest BCUT2D eigenvalue weighted by Crippen LogP contribution is 2.25. The summed E-state index contributed by atoms with van der Waals surface area (Å²) in [6, 6.07) is 9.30. The first-order valence-corrected chi connectivity index (χ1v) is 6.74. The molecule has 1 fully saturated rings. The van der Waals surface area contributed by atoms with E-state index in [1.807, 2.05) is 44.2 Å². The monoisotopic (exact) mass is 262 g/mol. The first-order valence-electron chi connectivity index (χ1n) is 6.74. The van der Waals surface area contributed by atoms with Crippen LogP contribution in [0, 0.1) is 0 Å². The summed E-state index contributed by atoms with van der Waals surface area (Å²) in [5, 5.41) is 3.04. The summed E-state index contributed by atoms with van der Waals surface area (Å²) in [6.45, 7) is 4.68. The quantitative estimate of drug-likeness (QED) is 0.858. The van der Waals surface area contributed by atoms with Gasteiger partial charge in [0, 0.05) is 6.61 Å². The lowest BCUT2D eigenvalue weighted by Gasteiger charge is -2.30. The molecule has 4 nitrogen and oxygen atoms in total. The van der Waals surface area contributed by atoms with Gasteiger partial charge in [-0.3, -0.25) is 4.79 Å². The topological polar surface area (TPSA) is 64.3 Å². The van der Waals surface area contributed by atoms with Gasteiger partial charge in [0.15, 0.2) is 0 Å². The summed E-state index contributed by atoms with van der Waals surface area (Å²) < 4.78 is 5.51. The second kappa shape index (κ2) is 5.72. The normalized spacial score (nSPS) is 28.1. The van der Waals surface area contributed by atoms with Gasteiger partial charge in [0.1, 0.15) is 0 Å². The smallest absolute Gasteiger partial charge is 0.237 e. The van der Waals surface area contributed by atoms with E-state index in [1.54, 1.807) is 0 Å². The second-order valence-electron chi connectivity index (χ2n) is 5.47. The van der Waals surface area contributed by atoms with E-state index in [-0.39, 0.29) is 17.6 Å². The maximum atomic E-state index is 12.2. The van der Waals surface area contributed by atoms with Crippen molar-refractivity contribution in [2.24, 2.45) is 5.73 Å². The van der Waals surface area contributed by atoms with Crippen molar-refractivity contribution >= 4 is 5.91 Å². The fraction of sp³-hybridized carbons (Fsp3) is 0.533. The summed E-state index contributed by atoms with van der Waals surface area (Å²) >= 11 is 0. The van der Waals surface area contributed by atoms with Crippen molar-refractivity contribution in [1.82, 2.24) is 5.32 Å². The van der Waals surface area contributed by atoms with Gasteiger partial charge >= 0.3 is 0 Å². The maximum absolute atomic E-state index is 12.2. The number of nitrogens with one attached hydrogen (secondary N) is 1. The zero-order chi connectivity index (χ0) is 13.9. The molecule has 1 aliphatic heterocycles. The number of benzene rings is 1. The SMILES string of the molecule is CC1OCCC1(C)NC(=O)C(N)Cc1ccccc1. The van der Waals surface area contributed by atoms with Crippen molar-refractivity contribution in [2.75, 3.05) is 6.61 Å². The van der Waals surface area contributed by atoms with E-state index < -0.39 is 6.04 Å². The Balaban J connectivity index is 1.93. The lowest BCUT2D eigenvalue weighted by Crippen LogP contribution is -2.55. The molecular formula is C15H22N2O2. The number of nitrogens with two attached hydrogens (primary N) is 1. The highest BCUT2D eigenvalue weighted by molar-refractivity contribution is 5.82. The Morgan fingerprint density at radius 3 is 2.79 bits per heavy atom. The fourth-order valence-electron chi connectivity index (χ4n) is 2.33. The molecule has 1 heterocycles. The molecule has 19 heavy (non-hydrogen) atoms. The van der Waals surface area contributed by atoms with Crippen molar-refractivity contribution in [3.05, 3.63) is 35.9 Å². The predicted octanol–water partition coefficient (Wildman–Crippen LogP) is 1.24. The summed E-state index contributed by atoms with van der Waals surface area (Å²) in [7, 11) is 0. The Morgan fingerprint density at radius 2 is 2.21 bits per heavy atom. The minimum Gasteiger partial charge on any atom is -0.376 e. The van der Waals surface area contributed by atoms with Crippen LogP contribution in [0.1, 0.15) is 25.8 Å². The van der Waals surface area contributed by atoms with Crippen LogP contribution in [0.15, 0.2) is 30.3 Å². The molecule has 1 aromatic carbocycles. The molecule has 0 saturated carbocycles. The highest BCUT2D eigenvalue weighted by atomic mass is 16.5. The summed E-state index contributed by atoms with van der Waals surface area (Å²) in [4.78, 5) is 12.2. The van der Waals surface area contributed by atoms with Gasteiger partial charge in [-0.25, -0.2) is 0 Å². The molecule has 3 atom stereocenters. The molecule has 0 aliphatic carbocycles. The van der Waals surface area contributed by atoms with Crippen LogP contribution in [0.25, 0.3) is 0 Å². The van der Waals surface area contributed by atoms with E-state index >= 15 is 0 Å². The molecule has 0 bridgehead atoms. The molecule has 1 aliphatic rings. The Hall–Kier alpha value is -1.39. The third kappa shape index (κ3) is 3.33. The molecule has 104 valence electrons. The molecule has 3 N–H and O–H groups in total. The van der Waals surface area contributed by atoms with Crippen molar-refractivity contribution in [3.63, 3.8) is 0 Å². The third-order valence-corrected chi connectivity index (χ3v) is 3.93. The average Bonchev–Trinajstić information content (AvgIpc) is 2.70. The zero-order valence-corrected chi connectivity index (χ0v) is 11.6. The van der Waals surface area contributed by atoms with Gasteiger partial charge < -0.3 is 15.8 Å². The molecule has 1 aromatic rings. The molecule has 0 spiro atoms. The number of amides is 1. The summed E-state index contributed by atoms with van der Waals surface area (Å²) in [5.74, 6) is -0.108. The van der Waals surface area contributed by atoms with Crippen LogP contribution < -0.4 is 11.1 Å². The Bertz CT molecular complexity index is 435. The lowest BCUT2D eigenvalue weighted by molar-refractivity contribution is -0.124. The minimum absolute atomic E-state index is 0.0281. The first kappa shape index (κ1) is 14.0. The number of rotatable bonds is 4. The van der Waals surface area contributed by atoms with Gasteiger partial charge in [-0.15, -0.1) is 0 Å². The highest BCUT2D eigenvalue weighted by Gasteiger charge is 2.39. The van der Waals surface area contributed by atoms with Gasteiger partial charge in [0.25, 0.3) is 0 Å². The van der Waals surface area contributed by atoms with Crippen LogP contribution in [0.5, 0.6) is 0 Å². The molecule has 0 radical (unpaired) electrons. The first-order chi connectivity index (χ1) is 9.01. The van der Waals surface area contributed by atoms with Crippen molar-refractivity contribution in [1.29, 1.82) is 0 Å². The van der Waals surface area contributed by atoms with Crippen LogP contribution in [0.2, 0.25) is 0 Å². The Labute approximate surface area is 114 Å². The summed E-state index contributed by atoms with van der Waals surface area (Å²) in [6.07, 6.45) is 1.41. The number of hydrogen-bond donors (Lipinski definition) is 2. The average molecular weight is 262 g/mol. The fourth-order valence-corrected chi connectivity index (χ4v) is 2.33. The van der Waals surface area contributed by atoms with Crippen molar-refractivity contribution in [3.8, 4) is 0 Å². The molecule has 0 aromatic heterocycles. The van der Waals surface area contributed by atoms with E-state index in [0.717, 1.165) is 12.0 Å². The van der Waals surface area contributed by atoms with Gasteiger partial charge in [0.05, 0.1) is 17.7 Å². The number of carbonyl (C=O) groups excluding carboxylic acids is 1. The molecule has 3 unspecified atom stereocenters. The van der Waals surface area contributed by atoms with E-state index in [0.29, 0.717) is 13.0 Å². The van der Waals surface area contributed by atoms with Crippen molar-refractivity contribution < 1.29 is 9.53 Å². The molecule has 1 saturated heterocycles. The van der Waals surface area contributed by atoms with E-state index in [9.17, 15) is 4.79 Å². The molecular weight excluding hydrogens is 240 g/mol. The van der Waals surface area contributed by atoms with Crippen LogP contribution >= 0.6 is 0 Å². The van der Waals surface area contributed by atoms with Gasteiger partial charge in [-0.2, -0.15) is 0 Å². The largest absolute Gasteiger partial charge is 0.376 e. The number of carbonyl (C=O) groups is 1. The van der Waals surface area contributed by atoms with Crippen LogP contribution in [0.4, 0.5) is 0 Å². The standard InChI is InChI=1S/C15H22N2O2/c1-11-15(2,8-9-19-11)17-14(18)13(16)10-12-6-4-3-5-7-12/h3-7,11,13H,8-10,16H2,1-2H3,(H,17,18). The van der Waals surface area contributed by atoms with Crippen LogP contribution in [-0.4, -0.2) is 30.2 Å². The molecule has 1 amide bonds. The van der Waals surface area contributed by atoms with E-state index in [4.69, 9.17) is 10.5 Å². The van der Waals surface area contributed by atoms with Gasteiger partial charge in [0.2, 0.25) is 5.91 Å². The Morgan fingerprint density at radius 1 is 1.53 bits per heavy atom. The predicted molar refractivity (Wildman–Crippen MR) is 74.7 cm³/mol. The third-order valence-electron chi connectivity index (χ3n) is 3.93. The number of ether oxygens (including phenoxy) is 1. The minimum atomic E-state index is -0.521. The van der Waals surface area contributed by atoms with E-state index in [2.05, 4.69) is 5.32 Å². The van der Waals surface area contributed by atoms with Crippen molar-refractivity contribution in [2.45, 2.75) is 44.4 Å². The lowest BCUT2D eigenvalue weighted by atomic mass is 9.93. The van der Waals surface area contributed by atoms with Crippen LogP contribution in [-0.2, 0) is 16.0 Å². The molecule has 2 rings (SSSR count).